The average molecular weight is 292 g/mol. The molecule has 1 aliphatic rings. The molecule has 0 spiro atoms. The Labute approximate surface area is 131 Å². The Morgan fingerprint density at radius 1 is 1.05 bits per heavy atom. The lowest BCUT2D eigenvalue weighted by molar-refractivity contribution is 1.06. The topological polar surface area (TPSA) is 0 Å². The van der Waals surface area contributed by atoms with Crippen molar-refractivity contribution in [3.05, 3.63) is 82.3 Å². The van der Waals surface area contributed by atoms with Crippen LogP contribution in [0.1, 0.15) is 29.2 Å². The number of hydrogen-bond donors (Lipinski definition) is 0. The number of allylic oxidation sites excluding steroid dienone is 2. The van der Waals surface area contributed by atoms with E-state index in [4.69, 9.17) is 0 Å². The van der Waals surface area contributed by atoms with E-state index < -0.39 is 0 Å². The quantitative estimate of drug-likeness (QED) is 0.688. The highest BCUT2D eigenvalue weighted by molar-refractivity contribution is 8.02. The van der Waals surface area contributed by atoms with E-state index in [1.807, 2.05) is 11.8 Å². The van der Waals surface area contributed by atoms with Crippen LogP contribution in [-0.4, -0.2) is 0 Å². The van der Waals surface area contributed by atoms with Crippen LogP contribution in [0.4, 0.5) is 0 Å². The number of aryl methyl sites for hydroxylation is 2. The van der Waals surface area contributed by atoms with Crippen LogP contribution in [0.5, 0.6) is 0 Å². The van der Waals surface area contributed by atoms with Crippen molar-refractivity contribution in [3.8, 4) is 0 Å². The first-order chi connectivity index (χ1) is 10.2. The molecule has 0 saturated carbocycles. The molecule has 0 nitrogen and oxygen atoms in total. The molecule has 0 unspecified atom stereocenters. The van der Waals surface area contributed by atoms with Gasteiger partial charge in [-0.2, -0.15) is 0 Å². The van der Waals surface area contributed by atoms with Gasteiger partial charge in [0.15, 0.2) is 0 Å². The van der Waals surface area contributed by atoms with Gasteiger partial charge < -0.3 is 0 Å². The second-order valence-electron chi connectivity index (χ2n) is 5.54. The third-order valence-corrected chi connectivity index (χ3v) is 5.05. The molecule has 0 aromatic heterocycles. The molecule has 0 saturated heterocycles. The number of hydrogen-bond acceptors (Lipinski definition) is 1. The lowest BCUT2D eigenvalue weighted by Crippen LogP contribution is -2.01. The van der Waals surface area contributed by atoms with E-state index in [9.17, 15) is 0 Å². The first-order valence-corrected chi connectivity index (χ1v) is 8.29. The summed E-state index contributed by atoms with van der Waals surface area (Å²) in [5, 5.41) is 2.27. The maximum absolute atomic E-state index is 4.34. The van der Waals surface area contributed by atoms with Gasteiger partial charge in [0, 0.05) is 4.90 Å². The van der Waals surface area contributed by atoms with E-state index in [1.54, 1.807) is 0 Å². The summed E-state index contributed by atoms with van der Waals surface area (Å²) in [6, 6.07) is 15.4. The molecule has 106 valence electrons. The second kappa shape index (κ2) is 5.95. The summed E-state index contributed by atoms with van der Waals surface area (Å²) in [5.74, 6) is 0. The van der Waals surface area contributed by atoms with Crippen LogP contribution in [0.2, 0.25) is 0 Å². The fraction of sp³-hybridized carbons (Fsp3) is 0.200. The van der Waals surface area contributed by atoms with Crippen molar-refractivity contribution in [1.82, 2.24) is 0 Å². The predicted octanol–water partition coefficient (Wildman–Crippen LogP) is 5.80. The lowest BCUT2D eigenvalue weighted by atomic mass is 9.92. The average Bonchev–Trinajstić information content (AvgIpc) is 2.50. The summed E-state index contributed by atoms with van der Waals surface area (Å²) in [6.07, 6.45) is 2.06. The highest BCUT2D eigenvalue weighted by Gasteiger charge is 2.16. The Morgan fingerprint density at radius 2 is 1.81 bits per heavy atom. The van der Waals surface area contributed by atoms with Gasteiger partial charge in [-0.3, -0.25) is 0 Å². The minimum absolute atomic E-state index is 0.975. The first kappa shape index (κ1) is 14.2. The molecule has 1 aliphatic heterocycles. The number of rotatable bonds is 3. The summed E-state index contributed by atoms with van der Waals surface area (Å²) < 4.78 is 0. The standard InChI is InChI=1S/C20H20S/c1-4-16-7-5-6-8-17(16)12-18-13-21-20-11-14(2)9-10-19(20)15(18)3/h5-11,13H,3-4,12H2,1-2H3. The zero-order chi connectivity index (χ0) is 14.8. The SMILES string of the molecule is C=C1C(Cc2ccccc2CC)=CSc2cc(C)ccc21. The fourth-order valence-corrected chi connectivity index (χ4v) is 3.85. The highest BCUT2D eigenvalue weighted by Crippen LogP contribution is 2.40. The summed E-state index contributed by atoms with van der Waals surface area (Å²) in [5.41, 5.74) is 7.97. The van der Waals surface area contributed by atoms with Gasteiger partial charge >= 0.3 is 0 Å². The van der Waals surface area contributed by atoms with Crippen molar-refractivity contribution in [3.63, 3.8) is 0 Å². The van der Waals surface area contributed by atoms with E-state index in [1.165, 1.54) is 38.3 Å². The molecule has 1 heteroatoms. The van der Waals surface area contributed by atoms with E-state index in [-0.39, 0.29) is 0 Å². The van der Waals surface area contributed by atoms with Crippen LogP contribution in [0.25, 0.3) is 5.57 Å². The minimum Gasteiger partial charge on any atom is -0.0971 e. The van der Waals surface area contributed by atoms with Crippen LogP contribution in [-0.2, 0) is 12.8 Å². The van der Waals surface area contributed by atoms with Crippen LogP contribution >= 0.6 is 11.8 Å². The molecule has 0 radical (unpaired) electrons. The molecule has 0 aliphatic carbocycles. The van der Waals surface area contributed by atoms with Gasteiger partial charge in [0.1, 0.15) is 0 Å². The van der Waals surface area contributed by atoms with Crippen LogP contribution in [0, 0.1) is 6.92 Å². The zero-order valence-electron chi connectivity index (χ0n) is 12.6. The van der Waals surface area contributed by atoms with Gasteiger partial charge in [0.2, 0.25) is 0 Å². The Morgan fingerprint density at radius 3 is 2.57 bits per heavy atom. The molecular formula is C20H20S. The molecule has 21 heavy (non-hydrogen) atoms. The van der Waals surface area contributed by atoms with Crippen molar-refractivity contribution in [1.29, 1.82) is 0 Å². The van der Waals surface area contributed by atoms with Gasteiger partial charge in [0.25, 0.3) is 0 Å². The van der Waals surface area contributed by atoms with E-state index in [0.29, 0.717) is 0 Å². The molecule has 0 atom stereocenters. The van der Waals surface area contributed by atoms with Gasteiger partial charge in [-0.15, -0.1) is 0 Å². The second-order valence-corrected chi connectivity index (χ2v) is 6.45. The first-order valence-electron chi connectivity index (χ1n) is 7.42. The van der Waals surface area contributed by atoms with Crippen LogP contribution in [0.15, 0.2) is 64.9 Å². The maximum Gasteiger partial charge on any atom is 0.0197 e. The number of fused-ring (bicyclic) bond motifs is 1. The lowest BCUT2D eigenvalue weighted by Gasteiger charge is -2.20. The van der Waals surface area contributed by atoms with Crippen LogP contribution in [0.3, 0.4) is 0 Å². The van der Waals surface area contributed by atoms with E-state index in [2.05, 4.69) is 68.3 Å². The molecule has 0 fully saturated rings. The molecule has 0 amide bonds. The molecule has 0 N–H and O–H groups in total. The van der Waals surface area contributed by atoms with E-state index in [0.717, 1.165) is 12.8 Å². The Bertz CT molecular complexity index is 722. The number of thioether (sulfide) groups is 1. The summed E-state index contributed by atoms with van der Waals surface area (Å²) in [6.45, 7) is 8.69. The third kappa shape index (κ3) is 2.84. The largest absolute Gasteiger partial charge is 0.0971 e. The third-order valence-electron chi connectivity index (χ3n) is 4.06. The normalized spacial score (nSPS) is 13.8. The van der Waals surface area contributed by atoms with Gasteiger partial charge in [-0.25, -0.2) is 0 Å². The van der Waals surface area contributed by atoms with E-state index >= 15 is 0 Å². The Balaban J connectivity index is 1.90. The zero-order valence-corrected chi connectivity index (χ0v) is 13.5. The number of benzene rings is 2. The Kier molecular flexibility index (Phi) is 4.03. The van der Waals surface area contributed by atoms with Crippen molar-refractivity contribution in [2.75, 3.05) is 0 Å². The van der Waals surface area contributed by atoms with Gasteiger partial charge in [-0.1, -0.05) is 61.7 Å². The van der Waals surface area contributed by atoms with Crippen molar-refractivity contribution in [2.45, 2.75) is 31.6 Å². The smallest absolute Gasteiger partial charge is 0.0197 e. The summed E-state index contributed by atoms with van der Waals surface area (Å²) >= 11 is 1.82. The molecule has 2 aromatic rings. The minimum atomic E-state index is 0.975. The molecular weight excluding hydrogens is 272 g/mol. The maximum atomic E-state index is 4.34. The molecule has 2 aromatic carbocycles. The van der Waals surface area contributed by atoms with Gasteiger partial charge in [0.05, 0.1) is 0 Å². The highest BCUT2D eigenvalue weighted by atomic mass is 32.2. The summed E-state index contributed by atoms with van der Waals surface area (Å²) in [7, 11) is 0. The van der Waals surface area contributed by atoms with Gasteiger partial charge in [-0.05, 0) is 64.6 Å². The van der Waals surface area contributed by atoms with Crippen molar-refractivity contribution < 1.29 is 0 Å². The van der Waals surface area contributed by atoms with Crippen LogP contribution < -0.4 is 0 Å². The molecule has 3 rings (SSSR count). The van der Waals surface area contributed by atoms with Crippen molar-refractivity contribution in [2.24, 2.45) is 0 Å². The monoisotopic (exact) mass is 292 g/mol. The Hall–Kier alpha value is -1.73. The fourth-order valence-electron chi connectivity index (χ4n) is 2.78. The molecule has 0 bridgehead atoms. The predicted molar refractivity (Wildman–Crippen MR) is 93.7 cm³/mol. The van der Waals surface area contributed by atoms with Crippen molar-refractivity contribution >= 4 is 17.3 Å². The summed E-state index contributed by atoms with van der Waals surface area (Å²) in [4.78, 5) is 1.33. The molecule has 1 heterocycles.